The molecule has 1 atom stereocenters. The second-order valence-electron chi connectivity index (χ2n) is 7.70. The highest BCUT2D eigenvalue weighted by Gasteiger charge is 2.52. The minimum Gasteiger partial charge on any atom is -0.358 e. The SMILES string of the molecule is CI.CN(C)CC1CSC(C2CCCCC2)(C2CCCCC2)O1. The maximum absolute atomic E-state index is 6.86. The summed E-state index contributed by atoms with van der Waals surface area (Å²) < 4.78 is 6.86. The van der Waals surface area contributed by atoms with Crippen molar-refractivity contribution in [1.29, 1.82) is 0 Å². The standard InChI is InChI=1S/C18H33NOS.CH3I/c1-19(2)13-17-14-21-18(20-17,15-9-5-3-6-10-15)16-11-7-4-8-12-16;1-2/h15-17H,3-14H2,1-2H3;1H3. The van der Waals surface area contributed by atoms with Gasteiger partial charge in [-0.2, -0.15) is 0 Å². The predicted molar refractivity (Wildman–Crippen MR) is 112 cm³/mol. The number of halogens is 1. The summed E-state index contributed by atoms with van der Waals surface area (Å²) in [6, 6.07) is 0. The minimum absolute atomic E-state index is 0.182. The van der Waals surface area contributed by atoms with Crippen molar-refractivity contribution in [2.75, 3.05) is 31.3 Å². The third-order valence-electron chi connectivity index (χ3n) is 5.76. The largest absolute Gasteiger partial charge is 0.358 e. The van der Waals surface area contributed by atoms with Crippen molar-refractivity contribution >= 4 is 34.4 Å². The highest BCUT2D eigenvalue weighted by molar-refractivity contribution is 14.1. The van der Waals surface area contributed by atoms with Gasteiger partial charge in [0.25, 0.3) is 0 Å². The first-order valence-electron chi connectivity index (χ1n) is 9.55. The van der Waals surface area contributed by atoms with Crippen molar-refractivity contribution in [1.82, 2.24) is 4.90 Å². The molecule has 0 aromatic carbocycles. The number of hydrogen-bond acceptors (Lipinski definition) is 3. The van der Waals surface area contributed by atoms with Gasteiger partial charge in [-0.15, -0.1) is 11.8 Å². The van der Waals surface area contributed by atoms with E-state index >= 15 is 0 Å². The van der Waals surface area contributed by atoms with Crippen molar-refractivity contribution < 1.29 is 4.74 Å². The number of likely N-dealkylation sites (N-methyl/N-ethyl adjacent to an activating group) is 1. The maximum Gasteiger partial charge on any atom is 0.119 e. The van der Waals surface area contributed by atoms with Gasteiger partial charge in [0.1, 0.15) is 4.93 Å². The molecule has 1 unspecified atom stereocenters. The highest BCUT2D eigenvalue weighted by atomic mass is 127. The molecular weight excluding hydrogens is 417 g/mol. The smallest absolute Gasteiger partial charge is 0.119 e. The lowest BCUT2D eigenvalue weighted by molar-refractivity contribution is -0.0970. The lowest BCUT2D eigenvalue weighted by Gasteiger charge is -2.45. The van der Waals surface area contributed by atoms with Gasteiger partial charge in [-0.25, -0.2) is 0 Å². The Morgan fingerprint density at radius 1 is 0.913 bits per heavy atom. The van der Waals surface area contributed by atoms with Gasteiger partial charge in [-0.05, 0) is 56.5 Å². The van der Waals surface area contributed by atoms with Gasteiger partial charge >= 0.3 is 0 Å². The monoisotopic (exact) mass is 453 g/mol. The molecule has 1 aliphatic heterocycles. The Labute approximate surface area is 162 Å². The van der Waals surface area contributed by atoms with E-state index in [1.807, 2.05) is 4.93 Å². The maximum atomic E-state index is 6.86. The number of hydrogen-bond donors (Lipinski definition) is 0. The molecule has 1 heterocycles. The Morgan fingerprint density at radius 3 is 1.83 bits per heavy atom. The Kier molecular flexibility index (Phi) is 9.03. The molecule has 2 aliphatic carbocycles. The average molecular weight is 453 g/mol. The van der Waals surface area contributed by atoms with Crippen LogP contribution in [0.1, 0.15) is 64.2 Å². The fourth-order valence-electron chi connectivity index (χ4n) is 4.82. The number of rotatable bonds is 4. The van der Waals surface area contributed by atoms with Crippen LogP contribution in [0.3, 0.4) is 0 Å². The zero-order valence-electron chi connectivity index (χ0n) is 15.4. The second kappa shape index (κ2) is 10.2. The lowest BCUT2D eigenvalue weighted by atomic mass is 9.74. The topological polar surface area (TPSA) is 12.5 Å². The zero-order valence-corrected chi connectivity index (χ0v) is 18.3. The van der Waals surface area contributed by atoms with Crippen LogP contribution in [0.25, 0.3) is 0 Å². The molecule has 1 saturated heterocycles. The first-order valence-corrected chi connectivity index (χ1v) is 12.7. The van der Waals surface area contributed by atoms with E-state index < -0.39 is 0 Å². The first kappa shape index (κ1) is 20.3. The predicted octanol–water partition coefficient (Wildman–Crippen LogP) is 5.59. The summed E-state index contributed by atoms with van der Waals surface area (Å²) in [7, 11) is 4.35. The summed E-state index contributed by atoms with van der Waals surface area (Å²) in [5.41, 5.74) is 0. The molecule has 0 aromatic heterocycles. The number of thioether (sulfide) groups is 1. The molecule has 0 aromatic rings. The summed E-state index contributed by atoms with van der Waals surface area (Å²) in [4.78, 5) is 4.45. The third kappa shape index (κ3) is 5.24. The van der Waals surface area contributed by atoms with Crippen molar-refractivity contribution in [3.63, 3.8) is 0 Å². The second-order valence-corrected chi connectivity index (χ2v) is 8.96. The van der Waals surface area contributed by atoms with Crippen molar-refractivity contribution in [3.8, 4) is 0 Å². The van der Waals surface area contributed by atoms with E-state index in [1.54, 1.807) is 0 Å². The summed E-state index contributed by atoms with van der Waals surface area (Å²) in [6.07, 6.45) is 14.7. The highest BCUT2D eigenvalue weighted by Crippen LogP contribution is 2.55. The van der Waals surface area contributed by atoms with Crippen LogP contribution in [0.15, 0.2) is 0 Å². The van der Waals surface area contributed by atoms with Gasteiger partial charge in [0, 0.05) is 12.3 Å². The van der Waals surface area contributed by atoms with E-state index in [2.05, 4.69) is 53.3 Å². The van der Waals surface area contributed by atoms with Crippen molar-refractivity contribution in [3.05, 3.63) is 0 Å². The Bertz CT molecular complexity index is 309. The van der Waals surface area contributed by atoms with Crippen LogP contribution in [-0.4, -0.2) is 47.3 Å². The van der Waals surface area contributed by atoms with Crippen LogP contribution in [0.5, 0.6) is 0 Å². The molecule has 3 aliphatic rings. The summed E-state index contributed by atoms with van der Waals surface area (Å²) in [6.45, 7) is 1.09. The zero-order chi connectivity index (χ0) is 16.7. The van der Waals surface area contributed by atoms with Gasteiger partial charge in [0.2, 0.25) is 0 Å². The molecular formula is C19H36INOS. The van der Waals surface area contributed by atoms with Crippen LogP contribution in [0, 0.1) is 11.8 Å². The van der Waals surface area contributed by atoms with E-state index in [0.717, 1.165) is 18.4 Å². The van der Waals surface area contributed by atoms with Crippen molar-refractivity contribution in [2.45, 2.75) is 75.2 Å². The minimum atomic E-state index is 0.182. The van der Waals surface area contributed by atoms with Crippen molar-refractivity contribution in [2.24, 2.45) is 11.8 Å². The summed E-state index contributed by atoms with van der Waals surface area (Å²) >= 11 is 4.35. The molecule has 0 N–H and O–H groups in total. The van der Waals surface area contributed by atoms with Crippen LogP contribution in [0.2, 0.25) is 0 Å². The van der Waals surface area contributed by atoms with E-state index in [9.17, 15) is 0 Å². The van der Waals surface area contributed by atoms with E-state index in [4.69, 9.17) is 4.74 Å². The molecule has 3 rings (SSSR count). The molecule has 136 valence electrons. The molecule has 0 bridgehead atoms. The van der Waals surface area contributed by atoms with Crippen LogP contribution < -0.4 is 0 Å². The van der Waals surface area contributed by atoms with Gasteiger partial charge in [-0.3, -0.25) is 0 Å². The fraction of sp³-hybridized carbons (Fsp3) is 1.00. The molecule has 23 heavy (non-hydrogen) atoms. The van der Waals surface area contributed by atoms with Crippen LogP contribution >= 0.6 is 34.4 Å². The molecule has 0 amide bonds. The van der Waals surface area contributed by atoms with E-state index in [-0.39, 0.29) is 4.93 Å². The van der Waals surface area contributed by atoms with E-state index in [1.165, 1.54) is 70.0 Å². The van der Waals surface area contributed by atoms with E-state index in [0.29, 0.717) is 6.10 Å². The summed E-state index contributed by atoms with van der Waals surface area (Å²) in [5, 5.41) is 0. The summed E-state index contributed by atoms with van der Waals surface area (Å²) in [5.74, 6) is 2.86. The molecule has 0 radical (unpaired) electrons. The van der Waals surface area contributed by atoms with Gasteiger partial charge < -0.3 is 9.64 Å². The Balaban J connectivity index is 0.000000924. The number of nitrogens with zero attached hydrogens (tertiary/aromatic N) is 1. The molecule has 2 nitrogen and oxygen atoms in total. The quantitative estimate of drug-likeness (QED) is 0.407. The van der Waals surface area contributed by atoms with Crippen LogP contribution in [-0.2, 0) is 4.74 Å². The van der Waals surface area contributed by atoms with Gasteiger partial charge in [0.05, 0.1) is 6.10 Å². The third-order valence-corrected chi connectivity index (χ3v) is 7.52. The molecule has 0 spiro atoms. The van der Waals surface area contributed by atoms with Crippen LogP contribution in [0.4, 0.5) is 0 Å². The Hall–Kier alpha value is 1.00. The fourth-order valence-corrected chi connectivity index (χ4v) is 6.59. The lowest BCUT2D eigenvalue weighted by Crippen LogP contribution is -2.45. The molecule has 4 heteroatoms. The normalized spacial score (nSPS) is 29.3. The average Bonchev–Trinajstić information content (AvgIpc) is 3.03. The molecule has 2 saturated carbocycles. The number of alkyl halides is 1. The Morgan fingerprint density at radius 2 is 1.39 bits per heavy atom. The molecule has 3 fully saturated rings. The first-order chi connectivity index (χ1) is 11.2. The van der Waals surface area contributed by atoms with Gasteiger partial charge in [-0.1, -0.05) is 61.1 Å². The van der Waals surface area contributed by atoms with Gasteiger partial charge in [0.15, 0.2) is 0 Å². The number of ether oxygens (including phenoxy) is 1.